The maximum Gasteiger partial charge on any atom is 0.247 e. The van der Waals surface area contributed by atoms with Gasteiger partial charge in [0.15, 0.2) is 0 Å². The number of ether oxygens (including phenoxy) is 1. The van der Waals surface area contributed by atoms with E-state index in [2.05, 4.69) is 31.2 Å². The maximum absolute atomic E-state index is 14.2. The highest BCUT2D eigenvalue weighted by molar-refractivity contribution is 6.02. The number of carbonyl (C=O) groups is 3. The van der Waals surface area contributed by atoms with Crippen LogP contribution in [0.4, 0.5) is 20.3 Å². The van der Waals surface area contributed by atoms with Crippen molar-refractivity contribution >= 4 is 52.5 Å². The summed E-state index contributed by atoms with van der Waals surface area (Å²) >= 11 is 0. The quantitative estimate of drug-likeness (QED) is 0.259. The lowest BCUT2D eigenvalue weighted by Gasteiger charge is -2.36. The standard InChI is InChI=1S/C31H39F2N7O4.ClH/c1-17(34-5)28(41)39-26(31(2,3)4)30(43)40-11-7-8-24(40)29(42)38-23-13-20-22(14-25(23)44-6)36-16-37-27(20)35-15-18-9-10-19(32)12-21(18)33;/h9-10,12-14,16-17,24,26,34H,7-8,11,15H2,1-6H3,(H,38,42)(H,39,41)(H,35,36,37);1H. The van der Waals surface area contributed by atoms with Crippen LogP contribution in [0.15, 0.2) is 36.7 Å². The molecule has 45 heavy (non-hydrogen) atoms. The van der Waals surface area contributed by atoms with Crippen LogP contribution in [0.1, 0.15) is 46.1 Å². The van der Waals surface area contributed by atoms with Crippen LogP contribution in [0.25, 0.3) is 10.9 Å². The van der Waals surface area contributed by atoms with Crippen LogP contribution in [0, 0.1) is 17.0 Å². The second-order valence-corrected chi connectivity index (χ2v) is 11.9. The van der Waals surface area contributed by atoms with Gasteiger partial charge in [0, 0.05) is 36.2 Å². The smallest absolute Gasteiger partial charge is 0.247 e. The Bertz CT molecular complexity index is 1550. The number of hydrogen-bond donors (Lipinski definition) is 4. The van der Waals surface area contributed by atoms with Crippen LogP contribution < -0.4 is 26.0 Å². The van der Waals surface area contributed by atoms with Crippen molar-refractivity contribution in [3.05, 3.63) is 53.9 Å². The molecule has 4 rings (SSSR count). The number of halogens is 3. The van der Waals surface area contributed by atoms with E-state index in [4.69, 9.17) is 4.74 Å². The number of carbonyl (C=O) groups excluding carboxylic acids is 3. The Morgan fingerprint density at radius 2 is 1.87 bits per heavy atom. The van der Waals surface area contributed by atoms with Gasteiger partial charge < -0.3 is 30.9 Å². The number of nitrogens with zero attached hydrogens (tertiary/aromatic N) is 3. The predicted molar refractivity (Wildman–Crippen MR) is 170 cm³/mol. The maximum atomic E-state index is 14.2. The highest BCUT2D eigenvalue weighted by Crippen LogP contribution is 2.33. The van der Waals surface area contributed by atoms with Crippen LogP contribution in [-0.2, 0) is 20.9 Å². The lowest BCUT2D eigenvalue weighted by atomic mass is 9.85. The summed E-state index contributed by atoms with van der Waals surface area (Å²) in [5.74, 6) is -1.69. The van der Waals surface area contributed by atoms with Gasteiger partial charge in [0.1, 0.15) is 41.6 Å². The first-order chi connectivity index (χ1) is 20.8. The Hall–Kier alpha value is -4.10. The van der Waals surface area contributed by atoms with Crippen LogP contribution in [0.2, 0.25) is 0 Å². The second kappa shape index (κ2) is 14.8. The van der Waals surface area contributed by atoms with Crippen molar-refractivity contribution in [2.24, 2.45) is 5.41 Å². The fraction of sp³-hybridized carbons (Fsp3) is 0.452. The first-order valence-electron chi connectivity index (χ1n) is 14.4. The number of likely N-dealkylation sites (tertiary alicyclic amines) is 1. The molecule has 0 saturated carbocycles. The summed E-state index contributed by atoms with van der Waals surface area (Å²) in [4.78, 5) is 50.2. The van der Waals surface area contributed by atoms with Crippen LogP contribution in [-0.4, -0.2) is 71.4 Å². The van der Waals surface area contributed by atoms with Gasteiger partial charge in [-0.15, -0.1) is 12.4 Å². The number of benzene rings is 2. The Kier molecular flexibility index (Phi) is 11.6. The Balaban J connectivity index is 0.00000552. The van der Waals surface area contributed by atoms with Crippen molar-refractivity contribution in [3.63, 3.8) is 0 Å². The first kappa shape index (κ1) is 35.4. The van der Waals surface area contributed by atoms with Crippen molar-refractivity contribution in [2.75, 3.05) is 31.3 Å². The number of aromatic nitrogens is 2. The first-order valence-corrected chi connectivity index (χ1v) is 14.4. The molecule has 11 nitrogen and oxygen atoms in total. The number of nitrogens with one attached hydrogen (secondary N) is 4. The van der Waals surface area contributed by atoms with Crippen LogP contribution in [0.5, 0.6) is 5.75 Å². The number of amides is 3. The molecule has 2 aromatic carbocycles. The third kappa shape index (κ3) is 8.14. The number of methoxy groups -OCH3 is 1. The molecule has 1 aromatic heterocycles. The number of rotatable bonds is 10. The van der Waals surface area contributed by atoms with Crippen molar-refractivity contribution in [2.45, 2.75) is 65.2 Å². The van der Waals surface area contributed by atoms with Crippen molar-refractivity contribution in [1.82, 2.24) is 25.5 Å². The van der Waals surface area contributed by atoms with E-state index in [9.17, 15) is 23.2 Å². The molecule has 4 N–H and O–H groups in total. The Labute approximate surface area is 267 Å². The molecule has 0 aliphatic carbocycles. The summed E-state index contributed by atoms with van der Waals surface area (Å²) in [6.07, 6.45) is 2.41. The average Bonchev–Trinajstić information content (AvgIpc) is 3.48. The van der Waals surface area contributed by atoms with E-state index < -0.39 is 41.1 Å². The highest BCUT2D eigenvalue weighted by atomic mass is 35.5. The largest absolute Gasteiger partial charge is 0.494 e. The molecule has 1 saturated heterocycles. The molecule has 244 valence electrons. The average molecular weight is 648 g/mol. The SMILES string of the molecule is CNC(C)C(=O)NC(C(=O)N1CCCC1C(=O)Nc1cc2c(NCc3ccc(F)cc3F)ncnc2cc1OC)C(C)(C)C.Cl. The molecule has 3 atom stereocenters. The summed E-state index contributed by atoms with van der Waals surface area (Å²) in [6, 6.07) is 4.52. The second-order valence-electron chi connectivity index (χ2n) is 11.9. The minimum atomic E-state index is -0.842. The molecule has 3 amide bonds. The van der Waals surface area contributed by atoms with Gasteiger partial charge in [-0.3, -0.25) is 14.4 Å². The summed E-state index contributed by atoms with van der Waals surface area (Å²) in [6.45, 7) is 7.70. The number of fused-ring (bicyclic) bond motifs is 1. The number of likely N-dealkylation sites (N-methyl/N-ethyl adjacent to an activating group) is 1. The topological polar surface area (TPSA) is 138 Å². The molecule has 3 aromatic rings. The van der Waals surface area contributed by atoms with E-state index >= 15 is 0 Å². The summed E-state index contributed by atoms with van der Waals surface area (Å²) < 4.78 is 33.1. The number of anilines is 2. The van der Waals surface area contributed by atoms with E-state index in [0.29, 0.717) is 47.5 Å². The molecular formula is C31H40ClF2N7O4. The fourth-order valence-corrected chi connectivity index (χ4v) is 5.07. The lowest BCUT2D eigenvalue weighted by molar-refractivity contribution is -0.143. The van der Waals surface area contributed by atoms with Gasteiger partial charge in [-0.1, -0.05) is 26.8 Å². The molecular weight excluding hydrogens is 608 g/mol. The summed E-state index contributed by atoms with van der Waals surface area (Å²) in [7, 11) is 3.12. The number of hydrogen-bond acceptors (Lipinski definition) is 8. The fourth-order valence-electron chi connectivity index (χ4n) is 5.07. The molecule has 1 aliphatic rings. The van der Waals surface area contributed by atoms with E-state index in [1.807, 2.05) is 20.8 Å². The highest BCUT2D eigenvalue weighted by Gasteiger charge is 2.42. The van der Waals surface area contributed by atoms with Gasteiger partial charge in [-0.05, 0) is 44.4 Å². The van der Waals surface area contributed by atoms with Crippen molar-refractivity contribution < 1.29 is 27.9 Å². The lowest BCUT2D eigenvalue weighted by Crippen LogP contribution is -2.59. The van der Waals surface area contributed by atoms with Gasteiger partial charge in [-0.2, -0.15) is 0 Å². The molecule has 1 aliphatic heterocycles. The van der Waals surface area contributed by atoms with Crippen LogP contribution in [0.3, 0.4) is 0 Å². The third-order valence-corrected chi connectivity index (χ3v) is 7.74. The third-order valence-electron chi connectivity index (χ3n) is 7.74. The van der Waals surface area contributed by atoms with Gasteiger partial charge in [-0.25, -0.2) is 18.7 Å². The van der Waals surface area contributed by atoms with Gasteiger partial charge in [0.2, 0.25) is 17.7 Å². The molecule has 0 spiro atoms. The molecule has 0 bridgehead atoms. The van der Waals surface area contributed by atoms with Crippen LogP contribution >= 0.6 is 12.4 Å². The van der Waals surface area contributed by atoms with E-state index in [-0.39, 0.29) is 36.3 Å². The van der Waals surface area contributed by atoms with Gasteiger partial charge in [0.25, 0.3) is 0 Å². The minimum Gasteiger partial charge on any atom is -0.494 e. The van der Waals surface area contributed by atoms with E-state index in [1.165, 1.54) is 30.5 Å². The van der Waals surface area contributed by atoms with Gasteiger partial charge in [0.05, 0.1) is 24.4 Å². The molecule has 0 radical (unpaired) electrons. The molecule has 1 fully saturated rings. The van der Waals surface area contributed by atoms with Crippen molar-refractivity contribution in [3.8, 4) is 5.75 Å². The zero-order valence-electron chi connectivity index (χ0n) is 26.2. The van der Waals surface area contributed by atoms with Gasteiger partial charge >= 0.3 is 0 Å². The normalized spacial score (nSPS) is 16.0. The Morgan fingerprint density at radius 3 is 2.51 bits per heavy atom. The zero-order valence-corrected chi connectivity index (χ0v) is 27.0. The molecule has 14 heteroatoms. The minimum absolute atomic E-state index is 0. The molecule has 3 unspecified atom stereocenters. The zero-order chi connectivity index (χ0) is 32.2. The summed E-state index contributed by atoms with van der Waals surface area (Å²) in [5.41, 5.74) is 0.482. The Morgan fingerprint density at radius 1 is 1.13 bits per heavy atom. The summed E-state index contributed by atoms with van der Waals surface area (Å²) in [5, 5.41) is 12.2. The monoisotopic (exact) mass is 647 g/mol. The molecule has 2 heterocycles. The van der Waals surface area contributed by atoms with Crippen molar-refractivity contribution in [1.29, 1.82) is 0 Å². The van der Waals surface area contributed by atoms with E-state index in [0.717, 1.165) is 6.07 Å². The predicted octanol–water partition coefficient (Wildman–Crippen LogP) is 4.02. The van der Waals surface area contributed by atoms with E-state index in [1.54, 1.807) is 26.1 Å².